The minimum absolute atomic E-state index is 0.0697. The van der Waals surface area contributed by atoms with Crippen LogP contribution in [0, 0.1) is 18.8 Å². The molecule has 0 unspecified atom stereocenters. The Balaban J connectivity index is 2.04. The van der Waals surface area contributed by atoms with E-state index in [1.54, 1.807) is 48.5 Å². The average molecular weight is 547 g/mol. The fourth-order valence-electron chi connectivity index (χ4n) is 3.14. The predicted octanol–water partition coefficient (Wildman–Crippen LogP) is 6.44. The van der Waals surface area contributed by atoms with Gasteiger partial charge in [0.15, 0.2) is 0 Å². The van der Waals surface area contributed by atoms with Gasteiger partial charge in [-0.15, -0.1) is 4.91 Å². The average Bonchev–Trinajstić information content (AvgIpc) is 2.71. The number of rotatable bonds is 5. The lowest BCUT2D eigenvalue weighted by atomic mass is 9.94. The van der Waals surface area contributed by atoms with Crippen LogP contribution in [0.25, 0.3) is 0 Å². The molecular formula is C22H17Br2N3O4. The van der Waals surface area contributed by atoms with Crippen molar-refractivity contribution in [1.29, 1.82) is 0 Å². The zero-order valence-corrected chi connectivity index (χ0v) is 19.7. The molecule has 9 heteroatoms. The van der Waals surface area contributed by atoms with E-state index in [1.807, 2.05) is 0 Å². The van der Waals surface area contributed by atoms with Crippen LogP contribution in [0.15, 0.2) is 62.7 Å². The van der Waals surface area contributed by atoms with E-state index in [2.05, 4.69) is 47.7 Å². The summed E-state index contributed by atoms with van der Waals surface area (Å²) in [6.07, 6.45) is 0. The molecule has 0 aliphatic carbocycles. The first-order chi connectivity index (χ1) is 14.7. The summed E-state index contributed by atoms with van der Waals surface area (Å²) in [4.78, 5) is 37.3. The maximum absolute atomic E-state index is 12.9. The maximum atomic E-state index is 12.9. The third-order valence-electron chi connectivity index (χ3n) is 4.68. The Morgan fingerprint density at radius 3 is 1.45 bits per heavy atom. The van der Waals surface area contributed by atoms with Crippen molar-refractivity contribution in [3.05, 3.63) is 84.6 Å². The van der Waals surface area contributed by atoms with E-state index in [9.17, 15) is 19.6 Å². The van der Waals surface area contributed by atoms with Gasteiger partial charge in [0.05, 0.1) is 11.1 Å². The quantitative estimate of drug-likeness (QED) is 0.320. The van der Waals surface area contributed by atoms with Gasteiger partial charge in [0.1, 0.15) is 11.4 Å². The standard InChI is InChI=1S/C22H17Br2N3O4/c1-11-17(21(29)25-15-7-3-13(23)4-8-15)20(28)18(12(2)19(11)27-31)22(30)26-16-9-5-14(24)6-10-16/h3-10,28H,1-2H3,(H,25,29)(H,26,30). The number of phenols is 1. The van der Waals surface area contributed by atoms with Crippen molar-refractivity contribution < 1.29 is 14.7 Å². The molecule has 0 radical (unpaired) electrons. The molecule has 31 heavy (non-hydrogen) atoms. The summed E-state index contributed by atoms with van der Waals surface area (Å²) in [5.41, 5.74) is 0.871. The molecule has 0 atom stereocenters. The molecule has 158 valence electrons. The second-order valence-corrected chi connectivity index (χ2v) is 8.54. The van der Waals surface area contributed by atoms with Crippen LogP contribution in [0.2, 0.25) is 0 Å². The van der Waals surface area contributed by atoms with Gasteiger partial charge in [0, 0.05) is 20.3 Å². The van der Waals surface area contributed by atoms with Gasteiger partial charge in [-0.3, -0.25) is 9.59 Å². The van der Waals surface area contributed by atoms with Crippen molar-refractivity contribution in [3.8, 4) is 5.75 Å². The highest BCUT2D eigenvalue weighted by atomic mass is 79.9. The number of carbonyl (C=O) groups is 2. The lowest BCUT2D eigenvalue weighted by molar-refractivity contribution is 0.102. The Bertz CT molecular complexity index is 1090. The van der Waals surface area contributed by atoms with Crippen LogP contribution in [-0.4, -0.2) is 16.9 Å². The van der Waals surface area contributed by atoms with E-state index in [0.29, 0.717) is 11.4 Å². The van der Waals surface area contributed by atoms with E-state index >= 15 is 0 Å². The number of anilines is 2. The Morgan fingerprint density at radius 1 is 0.774 bits per heavy atom. The van der Waals surface area contributed by atoms with Gasteiger partial charge >= 0.3 is 0 Å². The number of amides is 2. The minimum atomic E-state index is -0.667. The third kappa shape index (κ3) is 4.83. The summed E-state index contributed by atoms with van der Waals surface area (Å²) in [6, 6.07) is 13.6. The number of halogens is 2. The van der Waals surface area contributed by atoms with Gasteiger partial charge in [-0.1, -0.05) is 31.9 Å². The van der Waals surface area contributed by atoms with Crippen LogP contribution in [0.4, 0.5) is 17.1 Å². The van der Waals surface area contributed by atoms with E-state index < -0.39 is 17.6 Å². The van der Waals surface area contributed by atoms with Crippen LogP contribution in [0.3, 0.4) is 0 Å². The molecule has 0 spiro atoms. The summed E-state index contributed by atoms with van der Waals surface area (Å²) in [5, 5.41) is 19.2. The van der Waals surface area contributed by atoms with Crippen molar-refractivity contribution in [1.82, 2.24) is 0 Å². The highest BCUT2D eigenvalue weighted by Gasteiger charge is 2.28. The number of aromatic hydroxyl groups is 1. The number of hydrogen-bond donors (Lipinski definition) is 3. The zero-order chi connectivity index (χ0) is 22.7. The van der Waals surface area contributed by atoms with Gasteiger partial charge in [0.25, 0.3) is 11.8 Å². The fraction of sp³-hybridized carbons (Fsp3) is 0.0909. The normalized spacial score (nSPS) is 10.5. The molecule has 3 N–H and O–H groups in total. The molecule has 0 bridgehead atoms. The third-order valence-corrected chi connectivity index (χ3v) is 5.74. The Morgan fingerprint density at radius 2 is 1.13 bits per heavy atom. The first-order valence-electron chi connectivity index (χ1n) is 9.06. The van der Waals surface area contributed by atoms with Crippen LogP contribution < -0.4 is 10.6 Å². The number of carbonyl (C=O) groups excluding carboxylic acids is 2. The number of nitrogens with zero attached hydrogens (tertiary/aromatic N) is 1. The molecule has 0 aliphatic heterocycles. The lowest BCUT2D eigenvalue weighted by Gasteiger charge is -2.17. The largest absolute Gasteiger partial charge is 0.506 e. The van der Waals surface area contributed by atoms with Crippen LogP contribution >= 0.6 is 31.9 Å². The summed E-state index contributed by atoms with van der Waals surface area (Å²) in [5.74, 6) is -1.86. The number of nitroso groups, excluding NO2 is 1. The second-order valence-electron chi connectivity index (χ2n) is 6.71. The summed E-state index contributed by atoms with van der Waals surface area (Å²) in [6.45, 7) is 2.99. The highest BCUT2D eigenvalue weighted by Crippen LogP contribution is 2.38. The SMILES string of the molecule is Cc1c(N=O)c(C)c(C(=O)Nc2ccc(Br)cc2)c(O)c1C(=O)Nc1ccc(Br)cc1. The number of benzene rings is 3. The molecule has 3 rings (SSSR count). The van der Waals surface area contributed by atoms with E-state index in [4.69, 9.17) is 0 Å². The van der Waals surface area contributed by atoms with Crippen molar-refractivity contribution in [2.24, 2.45) is 5.18 Å². The smallest absolute Gasteiger partial charge is 0.259 e. The molecule has 0 aromatic heterocycles. The monoisotopic (exact) mass is 545 g/mol. The van der Waals surface area contributed by atoms with Crippen LogP contribution in [0.5, 0.6) is 5.75 Å². The summed E-state index contributed by atoms with van der Waals surface area (Å²) in [7, 11) is 0. The molecule has 3 aromatic rings. The van der Waals surface area contributed by atoms with Crippen molar-refractivity contribution in [2.75, 3.05) is 10.6 Å². The van der Waals surface area contributed by atoms with E-state index in [0.717, 1.165) is 8.95 Å². The number of nitrogens with one attached hydrogen (secondary N) is 2. The Labute approximate surface area is 195 Å². The van der Waals surface area contributed by atoms with Gasteiger partial charge in [0.2, 0.25) is 0 Å². The summed E-state index contributed by atoms with van der Waals surface area (Å²) >= 11 is 6.63. The summed E-state index contributed by atoms with van der Waals surface area (Å²) < 4.78 is 1.67. The maximum Gasteiger partial charge on any atom is 0.259 e. The molecule has 0 fully saturated rings. The lowest BCUT2D eigenvalue weighted by Crippen LogP contribution is -2.19. The topological polar surface area (TPSA) is 108 Å². The fourth-order valence-corrected chi connectivity index (χ4v) is 3.67. The Kier molecular flexibility index (Phi) is 6.87. The molecular weight excluding hydrogens is 530 g/mol. The molecule has 7 nitrogen and oxygen atoms in total. The van der Waals surface area contributed by atoms with Crippen molar-refractivity contribution in [2.45, 2.75) is 13.8 Å². The minimum Gasteiger partial charge on any atom is -0.506 e. The van der Waals surface area contributed by atoms with Gasteiger partial charge in [-0.05, 0) is 78.7 Å². The number of phenolic OH excluding ortho intramolecular Hbond substituents is 1. The van der Waals surface area contributed by atoms with Crippen LogP contribution in [0.1, 0.15) is 31.8 Å². The molecule has 3 aromatic carbocycles. The number of hydrogen-bond acceptors (Lipinski definition) is 5. The highest BCUT2D eigenvalue weighted by molar-refractivity contribution is 9.10. The molecule has 0 saturated carbocycles. The predicted molar refractivity (Wildman–Crippen MR) is 127 cm³/mol. The van der Waals surface area contributed by atoms with E-state index in [1.165, 1.54) is 13.8 Å². The second kappa shape index (κ2) is 9.40. The van der Waals surface area contributed by atoms with Gasteiger partial charge in [-0.25, -0.2) is 0 Å². The van der Waals surface area contributed by atoms with Crippen molar-refractivity contribution >= 4 is 60.7 Å². The van der Waals surface area contributed by atoms with Crippen molar-refractivity contribution in [3.63, 3.8) is 0 Å². The molecule has 2 amide bonds. The van der Waals surface area contributed by atoms with Gasteiger partial charge in [-0.2, -0.15) is 0 Å². The first kappa shape index (κ1) is 22.6. The molecule has 0 aliphatic rings. The van der Waals surface area contributed by atoms with E-state index in [-0.39, 0.29) is 27.9 Å². The first-order valence-corrected chi connectivity index (χ1v) is 10.6. The zero-order valence-electron chi connectivity index (χ0n) is 16.5. The molecule has 0 heterocycles. The van der Waals surface area contributed by atoms with Gasteiger partial charge < -0.3 is 15.7 Å². The Hall–Kier alpha value is -3.04. The van der Waals surface area contributed by atoms with Crippen LogP contribution in [-0.2, 0) is 0 Å². The molecule has 0 saturated heterocycles.